The number of halogens is 3. The van der Waals surface area contributed by atoms with Gasteiger partial charge in [0.15, 0.2) is 11.3 Å². The summed E-state index contributed by atoms with van der Waals surface area (Å²) >= 11 is 0. The van der Waals surface area contributed by atoms with Crippen LogP contribution in [0.3, 0.4) is 0 Å². The van der Waals surface area contributed by atoms with E-state index in [9.17, 15) is 18.0 Å². The monoisotopic (exact) mass is 553 g/mol. The Hall–Kier alpha value is -4.25. The maximum absolute atomic E-state index is 13.0. The number of likely N-dealkylation sites (tertiary alicyclic amines) is 1. The molecule has 0 bridgehead atoms. The van der Waals surface area contributed by atoms with E-state index in [1.54, 1.807) is 12.5 Å². The Labute approximate surface area is 229 Å². The average molecular weight is 554 g/mol. The standard InChI is InChI=1S/C27H29N5O.C2HF3O2/c1-19-8-9-23(20(2)16-19)30-27(33)25-26-28-13-10-24(32(26)18-29-25)22-11-14-31(15-12-22)17-21-6-4-3-5-7-21;3-2(4,5)1(6)7/h3-10,13,16,18,22H,11-12,14-15,17H2,1-2H3,(H,30,33);(H,6,7). The Bertz CT molecular complexity index is 1480. The normalized spacial score (nSPS) is 14.4. The average Bonchev–Trinajstić information content (AvgIpc) is 3.36. The minimum Gasteiger partial charge on any atom is -0.475 e. The number of piperidine rings is 1. The molecule has 4 aromatic rings. The highest BCUT2D eigenvalue weighted by molar-refractivity contribution is 6.07. The minimum absolute atomic E-state index is 0.230. The SMILES string of the molecule is Cc1ccc(NC(=O)c2ncn3c(C4CCN(Cc5ccccc5)CC4)ccnc23)c(C)c1.O=C(O)C(F)(F)F. The van der Waals surface area contributed by atoms with Gasteiger partial charge in [0.2, 0.25) is 0 Å². The molecular formula is C29H30F3N5O3. The Balaban J connectivity index is 0.000000470. The molecule has 40 heavy (non-hydrogen) atoms. The Morgan fingerprint density at radius 3 is 2.33 bits per heavy atom. The topological polar surface area (TPSA) is 99.8 Å². The van der Waals surface area contributed by atoms with E-state index in [0.717, 1.165) is 43.7 Å². The van der Waals surface area contributed by atoms with Gasteiger partial charge in [0.05, 0.1) is 0 Å². The number of alkyl halides is 3. The first kappa shape index (κ1) is 28.8. The number of fused-ring (bicyclic) bond motifs is 1. The van der Waals surface area contributed by atoms with E-state index in [0.29, 0.717) is 17.3 Å². The first-order valence-electron chi connectivity index (χ1n) is 12.8. The lowest BCUT2D eigenvalue weighted by Gasteiger charge is -2.32. The van der Waals surface area contributed by atoms with Gasteiger partial charge < -0.3 is 10.4 Å². The molecule has 0 unspecified atom stereocenters. The number of imidazole rings is 1. The first-order chi connectivity index (χ1) is 19.0. The van der Waals surface area contributed by atoms with Gasteiger partial charge in [0, 0.05) is 30.0 Å². The largest absolute Gasteiger partial charge is 0.490 e. The van der Waals surface area contributed by atoms with E-state index in [4.69, 9.17) is 9.90 Å². The zero-order chi connectivity index (χ0) is 28.9. The van der Waals surface area contributed by atoms with Gasteiger partial charge in [-0.05, 0) is 63.0 Å². The molecule has 1 aliphatic heterocycles. The number of nitrogens with zero attached hydrogens (tertiary/aromatic N) is 4. The van der Waals surface area contributed by atoms with Crippen LogP contribution in [0.25, 0.3) is 5.65 Å². The molecule has 0 saturated carbocycles. The van der Waals surface area contributed by atoms with Crippen LogP contribution < -0.4 is 5.32 Å². The second-order valence-corrected chi connectivity index (χ2v) is 9.77. The van der Waals surface area contributed by atoms with Crippen LogP contribution in [0.2, 0.25) is 0 Å². The summed E-state index contributed by atoms with van der Waals surface area (Å²) in [7, 11) is 0. The molecule has 3 heterocycles. The van der Waals surface area contributed by atoms with Crippen molar-refractivity contribution < 1.29 is 27.9 Å². The van der Waals surface area contributed by atoms with Crippen molar-refractivity contribution in [2.24, 2.45) is 0 Å². The van der Waals surface area contributed by atoms with Crippen molar-refractivity contribution in [3.63, 3.8) is 0 Å². The van der Waals surface area contributed by atoms with Crippen molar-refractivity contribution in [1.29, 1.82) is 0 Å². The maximum Gasteiger partial charge on any atom is 0.490 e. The third kappa shape index (κ3) is 7.03. The van der Waals surface area contributed by atoms with Gasteiger partial charge in [-0.1, -0.05) is 48.0 Å². The summed E-state index contributed by atoms with van der Waals surface area (Å²) in [5.41, 5.74) is 6.50. The van der Waals surface area contributed by atoms with Crippen LogP contribution in [0.1, 0.15) is 51.6 Å². The molecule has 2 aromatic carbocycles. The van der Waals surface area contributed by atoms with Crippen LogP contribution in [-0.4, -0.2) is 55.5 Å². The number of carbonyl (C=O) groups excluding carboxylic acids is 1. The summed E-state index contributed by atoms with van der Waals surface area (Å²) < 4.78 is 33.7. The van der Waals surface area contributed by atoms with Gasteiger partial charge in [0.1, 0.15) is 6.33 Å². The summed E-state index contributed by atoms with van der Waals surface area (Å²) in [5, 5.41) is 10.1. The second kappa shape index (κ2) is 12.3. The number of carbonyl (C=O) groups is 2. The van der Waals surface area contributed by atoms with Gasteiger partial charge in [-0.2, -0.15) is 13.2 Å². The summed E-state index contributed by atoms with van der Waals surface area (Å²) in [4.78, 5) is 33.3. The number of aromatic nitrogens is 3. The fraction of sp³-hybridized carbons (Fsp3) is 0.310. The maximum atomic E-state index is 13.0. The zero-order valence-corrected chi connectivity index (χ0v) is 22.2. The number of rotatable bonds is 5. The lowest BCUT2D eigenvalue weighted by atomic mass is 9.93. The van der Waals surface area contributed by atoms with E-state index in [-0.39, 0.29) is 5.91 Å². The van der Waals surface area contributed by atoms with Crippen LogP contribution in [0.5, 0.6) is 0 Å². The molecule has 0 atom stereocenters. The number of carboxylic acids is 1. The molecule has 1 aliphatic rings. The molecule has 5 rings (SSSR count). The van der Waals surface area contributed by atoms with Gasteiger partial charge in [-0.15, -0.1) is 0 Å². The third-order valence-corrected chi connectivity index (χ3v) is 6.81. The zero-order valence-electron chi connectivity index (χ0n) is 22.2. The van der Waals surface area contributed by atoms with Gasteiger partial charge in [-0.25, -0.2) is 14.8 Å². The number of amides is 1. The van der Waals surface area contributed by atoms with Crippen LogP contribution in [-0.2, 0) is 11.3 Å². The Morgan fingerprint density at radius 2 is 1.70 bits per heavy atom. The molecule has 0 aliphatic carbocycles. The highest BCUT2D eigenvalue weighted by atomic mass is 19.4. The lowest BCUT2D eigenvalue weighted by molar-refractivity contribution is -0.192. The summed E-state index contributed by atoms with van der Waals surface area (Å²) in [6.07, 6.45) is 0.615. The highest BCUT2D eigenvalue weighted by Crippen LogP contribution is 2.29. The van der Waals surface area contributed by atoms with E-state index < -0.39 is 12.1 Å². The fourth-order valence-corrected chi connectivity index (χ4v) is 4.78. The second-order valence-electron chi connectivity index (χ2n) is 9.77. The van der Waals surface area contributed by atoms with E-state index in [1.165, 1.54) is 16.8 Å². The molecule has 8 nitrogen and oxygen atoms in total. The number of anilines is 1. The lowest BCUT2D eigenvalue weighted by Crippen LogP contribution is -2.33. The number of carboxylic acid groups (broad SMARTS) is 1. The van der Waals surface area contributed by atoms with Gasteiger partial charge >= 0.3 is 12.1 Å². The predicted molar refractivity (Wildman–Crippen MR) is 144 cm³/mol. The minimum atomic E-state index is -5.08. The van der Waals surface area contributed by atoms with E-state index >= 15 is 0 Å². The molecule has 1 fully saturated rings. The van der Waals surface area contributed by atoms with Gasteiger partial charge in [0.25, 0.3) is 5.91 Å². The molecule has 1 amide bonds. The van der Waals surface area contributed by atoms with Crippen molar-refractivity contribution in [3.8, 4) is 0 Å². The Morgan fingerprint density at radius 1 is 1.02 bits per heavy atom. The molecule has 0 radical (unpaired) electrons. The number of nitrogens with one attached hydrogen (secondary N) is 1. The summed E-state index contributed by atoms with van der Waals surface area (Å²) in [5.74, 6) is -2.56. The predicted octanol–water partition coefficient (Wildman–Crippen LogP) is 5.61. The van der Waals surface area contributed by atoms with Crippen LogP contribution >= 0.6 is 0 Å². The van der Waals surface area contributed by atoms with Crippen LogP contribution in [0, 0.1) is 13.8 Å². The van der Waals surface area contributed by atoms with Crippen LogP contribution in [0.4, 0.5) is 18.9 Å². The molecule has 1 saturated heterocycles. The van der Waals surface area contributed by atoms with Crippen molar-refractivity contribution in [1.82, 2.24) is 19.3 Å². The molecule has 2 aromatic heterocycles. The van der Waals surface area contributed by atoms with Crippen molar-refractivity contribution in [3.05, 3.63) is 95.2 Å². The van der Waals surface area contributed by atoms with E-state index in [2.05, 4.69) is 62.6 Å². The van der Waals surface area contributed by atoms with Crippen molar-refractivity contribution in [2.45, 2.75) is 45.3 Å². The number of aryl methyl sites for hydroxylation is 2. The summed E-state index contributed by atoms with van der Waals surface area (Å²) in [6.45, 7) is 7.14. The quantitative estimate of drug-likeness (QED) is 0.333. The Kier molecular flexibility index (Phi) is 8.83. The molecule has 0 spiro atoms. The first-order valence-corrected chi connectivity index (χ1v) is 12.8. The van der Waals surface area contributed by atoms with Gasteiger partial charge in [-0.3, -0.25) is 14.1 Å². The highest BCUT2D eigenvalue weighted by Gasteiger charge is 2.38. The number of aliphatic carboxylic acids is 1. The number of hydrogen-bond donors (Lipinski definition) is 2. The molecule has 11 heteroatoms. The number of benzene rings is 2. The molecular weight excluding hydrogens is 523 g/mol. The van der Waals surface area contributed by atoms with Crippen molar-refractivity contribution in [2.75, 3.05) is 18.4 Å². The smallest absolute Gasteiger partial charge is 0.475 e. The number of hydrogen-bond acceptors (Lipinski definition) is 5. The molecule has 2 N–H and O–H groups in total. The van der Waals surface area contributed by atoms with Crippen molar-refractivity contribution >= 4 is 23.2 Å². The fourth-order valence-electron chi connectivity index (χ4n) is 4.78. The van der Waals surface area contributed by atoms with E-state index in [1.807, 2.05) is 30.4 Å². The summed E-state index contributed by atoms with van der Waals surface area (Å²) in [6, 6.07) is 18.7. The molecule has 210 valence electrons. The van der Waals surface area contributed by atoms with Crippen LogP contribution in [0.15, 0.2) is 67.1 Å². The third-order valence-electron chi connectivity index (χ3n) is 6.81.